The van der Waals surface area contributed by atoms with Crippen molar-refractivity contribution < 1.29 is 14.3 Å². The number of hydrogen-bond acceptors (Lipinski definition) is 5. The van der Waals surface area contributed by atoms with Crippen molar-refractivity contribution in [2.75, 3.05) is 5.75 Å². The summed E-state index contributed by atoms with van der Waals surface area (Å²) in [6.07, 6.45) is 3.54. The number of rotatable bonds is 6. The maximum atomic E-state index is 12.3. The molecule has 0 saturated heterocycles. The minimum Gasteiger partial charge on any atom is -0.508 e. The number of aryl methyl sites for hydroxylation is 1. The number of carbonyl (C=O) groups excluding carboxylic acids is 1. The quantitative estimate of drug-likeness (QED) is 0.760. The van der Waals surface area contributed by atoms with Crippen LogP contribution in [0.25, 0.3) is 11.5 Å². The number of carbonyl (C=O) groups is 1. The Morgan fingerprint density at radius 2 is 2.04 bits per heavy atom. The van der Waals surface area contributed by atoms with E-state index in [1.54, 1.807) is 36.0 Å². The summed E-state index contributed by atoms with van der Waals surface area (Å²) in [4.78, 5) is 16.8. The smallest absolute Gasteiger partial charge is 0.230 e. The first-order chi connectivity index (χ1) is 12.9. The Labute approximate surface area is 165 Å². The lowest BCUT2D eigenvalue weighted by atomic mass is 9.78. The lowest BCUT2D eigenvalue weighted by Gasteiger charge is -2.34. The second-order valence-corrected chi connectivity index (χ2v) is 8.49. The van der Waals surface area contributed by atoms with Gasteiger partial charge in [-0.05, 0) is 49.4 Å². The van der Waals surface area contributed by atoms with Crippen molar-refractivity contribution in [2.24, 2.45) is 11.8 Å². The summed E-state index contributed by atoms with van der Waals surface area (Å²) in [6.45, 7) is 6.40. The van der Waals surface area contributed by atoms with E-state index < -0.39 is 0 Å². The van der Waals surface area contributed by atoms with Crippen molar-refractivity contribution in [3.05, 3.63) is 35.7 Å². The highest BCUT2D eigenvalue weighted by molar-refractivity contribution is 7.99. The van der Waals surface area contributed by atoms with Crippen LogP contribution < -0.4 is 5.32 Å². The Kier molecular flexibility index (Phi) is 6.47. The predicted octanol–water partition coefficient (Wildman–Crippen LogP) is 4.53. The van der Waals surface area contributed by atoms with Gasteiger partial charge >= 0.3 is 0 Å². The normalized spacial score (nSPS) is 22.6. The van der Waals surface area contributed by atoms with Crippen molar-refractivity contribution in [2.45, 2.75) is 51.8 Å². The third kappa shape index (κ3) is 5.06. The van der Waals surface area contributed by atoms with E-state index in [1.165, 1.54) is 12.8 Å². The molecule has 2 aromatic rings. The SMILES string of the molecule is Cc1oc(-c2ccc(O)cc2)nc1CSCC(=O)NC1CCCC(C)C1C. The van der Waals surface area contributed by atoms with Crippen LogP contribution in [-0.4, -0.2) is 27.8 Å². The van der Waals surface area contributed by atoms with Gasteiger partial charge in [0, 0.05) is 17.4 Å². The molecule has 1 aliphatic rings. The number of phenols is 1. The van der Waals surface area contributed by atoms with Crippen LogP contribution >= 0.6 is 11.8 Å². The van der Waals surface area contributed by atoms with Crippen LogP contribution in [0.1, 0.15) is 44.6 Å². The lowest BCUT2D eigenvalue weighted by molar-refractivity contribution is -0.119. The van der Waals surface area contributed by atoms with Gasteiger partial charge < -0.3 is 14.8 Å². The van der Waals surface area contributed by atoms with Crippen molar-refractivity contribution in [3.63, 3.8) is 0 Å². The zero-order chi connectivity index (χ0) is 19.4. The van der Waals surface area contributed by atoms with Crippen molar-refractivity contribution in [3.8, 4) is 17.2 Å². The Morgan fingerprint density at radius 3 is 2.78 bits per heavy atom. The molecule has 5 nitrogen and oxygen atoms in total. The van der Waals surface area contributed by atoms with Gasteiger partial charge in [-0.25, -0.2) is 4.98 Å². The second kappa shape index (κ2) is 8.83. The van der Waals surface area contributed by atoms with Crippen LogP contribution in [0.4, 0.5) is 0 Å². The number of phenolic OH excluding ortho intramolecular Hbond substituents is 1. The first-order valence-corrected chi connectivity index (χ1v) is 10.7. The third-order valence-corrected chi connectivity index (χ3v) is 6.48. The van der Waals surface area contributed by atoms with E-state index in [0.717, 1.165) is 23.4 Å². The molecule has 0 aliphatic heterocycles. The number of oxazole rings is 1. The maximum absolute atomic E-state index is 12.3. The molecule has 2 N–H and O–H groups in total. The van der Waals surface area contributed by atoms with Crippen LogP contribution in [0.15, 0.2) is 28.7 Å². The van der Waals surface area contributed by atoms with Gasteiger partial charge in [-0.15, -0.1) is 11.8 Å². The molecule has 1 fully saturated rings. The minimum absolute atomic E-state index is 0.103. The zero-order valence-corrected chi connectivity index (χ0v) is 17.0. The van der Waals surface area contributed by atoms with E-state index in [1.807, 2.05) is 6.92 Å². The van der Waals surface area contributed by atoms with Gasteiger partial charge in [0.15, 0.2) is 0 Å². The summed E-state index contributed by atoms with van der Waals surface area (Å²) >= 11 is 1.56. The monoisotopic (exact) mass is 388 g/mol. The molecule has 146 valence electrons. The van der Waals surface area contributed by atoms with Crippen molar-refractivity contribution >= 4 is 17.7 Å². The zero-order valence-electron chi connectivity index (χ0n) is 16.2. The number of amides is 1. The molecule has 27 heavy (non-hydrogen) atoms. The molecule has 3 rings (SSSR count). The third-order valence-electron chi connectivity index (χ3n) is 5.53. The predicted molar refractivity (Wildman–Crippen MR) is 109 cm³/mol. The molecule has 0 bridgehead atoms. The molecule has 0 radical (unpaired) electrons. The maximum Gasteiger partial charge on any atom is 0.230 e. The van der Waals surface area contributed by atoms with Crippen LogP contribution in [0.2, 0.25) is 0 Å². The fourth-order valence-electron chi connectivity index (χ4n) is 3.56. The van der Waals surface area contributed by atoms with E-state index in [0.29, 0.717) is 35.3 Å². The Morgan fingerprint density at radius 1 is 1.30 bits per heavy atom. The van der Waals surface area contributed by atoms with Crippen LogP contribution in [0.3, 0.4) is 0 Å². The largest absolute Gasteiger partial charge is 0.508 e. The van der Waals surface area contributed by atoms with Crippen LogP contribution in [0.5, 0.6) is 5.75 Å². The first kappa shape index (κ1) is 19.8. The minimum atomic E-state index is 0.103. The standard InChI is InChI=1S/C21H28N2O3S/c1-13-5-4-6-18(14(13)2)22-20(25)12-27-11-19-15(3)26-21(23-19)16-7-9-17(24)10-8-16/h7-10,13-14,18,24H,4-6,11-12H2,1-3H3,(H,22,25). The Balaban J connectivity index is 1.50. The van der Waals surface area contributed by atoms with Gasteiger partial charge in [-0.3, -0.25) is 4.79 Å². The number of nitrogens with zero attached hydrogens (tertiary/aromatic N) is 1. The first-order valence-electron chi connectivity index (χ1n) is 9.57. The molecule has 1 saturated carbocycles. The van der Waals surface area contributed by atoms with Gasteiger partial charge in [-0.1, -0.05) is 26.7 Å². The highest BCUT2D eigenvalue weighted by atomic mass is 32.2. The number of hydrogen-bond donors (Lipinski definition) is 2. The summed E-state index contributed by atoms with van der Waals surface area (Å²) in [6, 6.07) is 7.08. The summed E-state index contributed by atoms with van der Waals surface area (Å²) in [7, 11) is 0. The lowest BCUT2D eigenvalue weighted by Crippen LogP contribution is -2.44. The van der Waals surface area contributed by atoms with E-state index in [4.69, 9.17) is 4.42 Å². The van der Waals surface area contributed by atoms with Gasteiger partial charge in [0.05, 0.1) is 11.4 Å². The summed E-state index contributed by atoms with van der Waals surface area (Å²) < 4.78 is 5.74. The van der Waals surface area contributed by atoms with E-state index in [-0.39, 0.29) is 11.7 Å². The molecule has 6 heteroatoms. The molecule has 1 aliphatic carbocycles. The van der Waals surface area contributed by atoms with Crippen molar-refractivity contribution in [1.82, 2.24) is 10.3 Å². The topological polar surface area (TPSA) is 75.4 Å². The molecular weight excluding hydrogens is 360 g/mol. The molecule has 1 heterocycles. The van der Waals surface area contributed by atoms with E-state index in [9.17, 15) is 9.90 Å². The number of aromatic hydroxyl groups is 1. The molecule has 1 aromatic carbocycles. The average Bonchev–Trinajstić information content (AvgIpc) is 3.00. The van der Waals surface area contributed by atoms with Crippen molar-refractivity contribution in [1.29, 1.82) is 0 Å². The number of nitrogens with one attached hydrogen (secondary N) is 1. The van der Waals surface area contributed by atoms with E-state index in [2.05, 4.69) is 24.1 Å². The van der Waals surface area contributed by atoms with Gasteiger partial charge in [-0.2, -0.15) is 0 Å². The number of aromatic nitrogens is 1. The molecule has 1 aromatic heterocycles. The fraction of sp³-hybridized carbons (Fsp3) is 0.524. The number of thioether (sulfide) groups is 1. The van der Waals surface area contributed by atoms with Gasteiger partial charge in [0.2, 0.25) is 11.8 Å². The molecular formula is C21H28N2O3S. The van der Waals surface area contributed by atoms with Gasteiger partial charge in [0.25, 0.3) is 0 Å². The second-order valence-electron chi connectivity index (χ2n) is 7.50. The average molecular weight is 389 g/mol. The highest BCUT2D eigenvalue weighted by Gasteiger charge is 2.28. The van der Waals surface area contributed by atoms with Crippen LogP contribution in [-0.2, 0) is 10.5 Å². The molecule has 3 atom stereocenters. The molecule has 1 amide bonds. The summed E-state index contributed by atoms with van der Waals surface area (Å²) in [5, 5.41) is 12.6. The molecule has 0 spiro atoms. The Bertz CT molecular complexity index is 772. The summed E-state index contributed by atoms with van der Waals surface area (Å²) in [5.41, 5.74) is 1.68. The van der Waals surface area contributed by atoms with Crippen LogP contribution in [0, 0.1) is 18.8 Å². The van der Waals surface area contributed by atoms with Gasteiger partial charge in [0.1, 0.15) is 11.5 Å². The highest BCUT2D eigenvalue weighted by Crippen LogP contribution is 2.30. The number of benzene rings is 1. The Hall–Kier alpha value is -1.95. The fourth-order valence-corrected chi connectivity index (χ4v) is 4.40. The van der Waals surface area contributed by atoms with E-state index >= 15 is 0 Å². The molecule has 3 unspecified atom stereocenters. The summed E-state index contributed by atoms with van der Waals surface area (Å²) in [5.74, 6) is 3.90.